The Morgan fingerprint density at radius 2 is 1.95 bits per heavy atom. The van der Waals surface area contributed by atoms with Gasteiger partial charge < -0.3 is 5.32 Å². The second kappa shape index (κ2) is 8.18. The first kappa shape index (κ1) is 16.8. The van der Waals surface area contributed by atoms with Crippen LogP contribution in [-0.4, -0.2) is 12.3 Å². The predicted molar refractivity (Wildman–Crippen MR) is 92.7 cm³/mol. The van der Waals surface area contributed by atoms with E-state index in [2.05, 4.69) is 33.4 Å². The van der Waals surface area contributed by atoms with E-state index in [4.69, 9.17) is 11.6 Å². The second-order valence-corrected chi connectivity index (χ2v) is 6.99. The van der Waals surface area contributed by atoms with Crippen molar-refractivity contribution in [2.75, 3.05) is 12.3 Å². The molecule has 0 aliphatic rings. The summed E-state index contributed by atoms with van der Waals surface area (Å²) in [4.78, 5) is 1.16. The largest absolute Gasteiger partial charge is 0.309 e. The van der Waals surface area contributed by atoms with Crippen molar-refractivity contribution in [3.8, 4) is 0 Å². The molecule has 1 N–H and O–H groups in total. The van der Waals surface area contributed by atoms with Gasteiger partial charge in [-0.3, -0.25) is 0 Å². The second-order valence-electron chi connectivity index (χ2n) is 4.54. The highest BCUT2D eigenvalue weighted by atomic mass is 79.9. The van der Waals surface area contributed by atoms with Crippen molar-refractivity contribution in [1.29, 1.82) is 0 Å². The lowest BCUT2D eigenvalue weighted by Gasteiger charge is -2.19. The van der Waals surface area contributed by atoms with Gasteiger partial charge in [0.15, 0.2) is 0 Å². The van der Waals surface area contributed by atoms with Gasteiger partial charge in [-0.05, 0) is 42.9 Å². The van der Waals surface area contributed by atoms with E-state index in [1.807, 2.05) is 19.1 Å². The van der Waals surface area contributed by atoms with Crippen molar-refractivity contribution in [3.05, 3.63) is 63.3 Å². The van der Waals surface area contributed by atoms with Crippen LogP contribution in [0.3, 0.4) is 0 Å². The zero-order valence-electron chi connectivity index (χ0n) is 11.6. The minimum Gasteiger partial charge on any atom is -0.309 e. The Kier molecular flexibility index (Phi) is 6.55. The predicted octanol–water partition coefficient (Wildman–Crippen LogP) is 5.68. The number of benzene rings is 2. The van der Waals surface area contributed by atoms with E-state index in [9.17, 15) is 4.39 Å². The van der Waals surface area contributed by atoms with Crippen molar-refractivity contribution in [1.82, 2.24) is 5.32 Å². The van der Waals surface area contributed by atoms with Gasteiger partial charge >= 0.3 is 0 Å². The normalized spacial score (nSPS) is 12.4. The number of hydrogen-bond acceptors (Lipinski definition) is 2. The minimum absolute atomic E-state index is 0.0408. The van der Waals surface area contributed by atoms with Crippen molar-refractivity contribution in [3.63, 3.8) is 0 Å². The topological polar surface area (TPSA) is 12.0 Å². The molecule has 2 aromatic rings. The number of halogens is 3. The molecule has 0 radical (unpaired) electrons. The van der Waals surface area contributed by atoms with Crippen LogP contribution in [0.4, 0.5) is 4.39 Å². The van der Waals surface area contributed by atoms with Crippen molar-refractivity contribution in [2.24, 2.45) is 0 Å². The van der Waals surface area contributed by atoms with E-state index in [-0.39, 0.29) is 11.9 Å². The molecule has 0 saturated carbocycles. The van der Waals surface area contributed by atoms with Crippen LogP contribution in [0.5, 0.6) is 0 Å². The molecule has 0 fully saturated rings. The lowest BCUT2D eigenvalue weighted by atomic mass is 10.1. The minimum atomic E-state index is -0.259. The zero-order chi connectivity index (χ0) is 15.2. The highest BCUT2D eigenvalue weighted by molar-refractivity contribution is 9.10. The molecular formula is C16H16BrClFNS. The fraction of sp³-hybridized carbons (Fsp3) is 0.250. The number of hydrogen-bond donors (Lipinski definition) is 1. The van der Waals surface area contributed by atoms with Gasteiger partial charge in [0.05, 0.1) is 0 Å². The molecule has 21 heavy (non-hydrogen) atoms. The first-order valence-electron chi connectivity index (χ1n) is 6.67. The third-order valence-corrected chi connectivity index (χ3v) is 4.89. The van der Waals surface area contributed by atoms with Gasteiger partial charge in [0.2, 0.25) is 0 Å². The highest BCUT2D eigenvalue weighted by Crippen LogP contribution is 2.28. The fourth-order valence-corrected chi connectivity index (χ4v) is 3.41. The van der Waals surface area contributed by atoms with Crippen molar-refractivity contribution >= 4 is 39.3 Å². The Morgan fingerprint density at radius 1 is 1.24 bits per heavy atom. The van der Waals surface area contributed by atoms with Gasteiger partial charge in [0.1, 0.15) is 5.82 Å². The standard InChI is InChI=1S/C16H16BrClFNS/c1-2-20-16(14-8-5-12(18)9-15(14)19)10-21-13-6-3-11(17)4-7-13/h3-9,16,20H,2,10H2,1H3. The molecule has 0 spiro atoms. The Labute approximate surface area is 142 Å². The average molecular weight is 389 g/mol. The lowest BCUT2D eigenvalue weighted by molar-refractivity contribution is 0.545. The van der Waals surface area contributed by atoms with Crippen LogP contribution in [-0.2, 0) is 0 Å². The van der Waals surface area contributed by atoms with Crippen LogP contribution in [0.2, 0.25) is 5.02 Å². The molecule has 0 aliphatic carbocycles. The summed E-state index contributed by atoms with van der Waals surface area (Å²) < 4.78 is 15.1. The maximum Gasteiger partial charge on any atom is 0.129 e. The Morgan fingerprint density at radius 3 is 2.57 bits per heavy atom. The van der Waals surface area contributed by atoms with Crippen LogP contribution >= 0.6 is 39.3 Å². The molecule has 5 heteroatoms. The maximum absolute atomic E-state index is 14.1. The molecule has 2 aromatic carbocycles. The van der Waals surface area contributed by atoms with E-state index in [1.54, 1.807) is 23.9 Å². The van der Waals surface area contributed by atoms with E-state index < -0.39 is 0 Å². The summed E-state index contributed by atoms with van der Waals surface area (Å²) in [6, 6.07) is 12.9. The number of thioether (sulfide) groups is 1. The third kappa shape index (κ3) is 4.99. The Bertz CT molecular complexity index is 591. The maximum atomic E-state index is 14.1. The molecule has 1 atom stereocenters. The monoisotopic (exact) mass is 387 g/mol. The van der Waals surface area contributed by atoms with Crippen molar-refractivity contribution in [2.45, 2.75) is 17.9 Å². The molecule has 112 valence electrons. The van der Waals surface area contributed by atoms with Gasteiger partial charge in [-0.25, -0.2) is 4.39 Å². The van der Waals surface area contributed by atoms with Gasteiger partial charge in [-0.15, -0.1) is 11.8 Å². The summed E-state index contributed by atoms with van der Waals surface area (Å²) in [5, 5.41) is 3.75. The van der Waals surface area contributed by atoms with Crippen LogP contribution in [0.15, 0.2) is 51.8 Å². The van der Waals surface area contributed by atoms with Crippen molar-refractivity contribution < 1.29 is 4.39 Å². The molecule has 0 saturated heterocycles. The summed E-state index contributed by atoms with van der Waals surface area (Å²) >= 11 is 10.9. The van der Waals surface area contributed by atoms with Crippen LogP contribution in [0.25, 0.3) is 0 Å². The van der Waals surface area contributed by atoms with Gasteiger partial charge in [0.25, 0.3) is 0 Å². The van der Waals surface area contributed by atoms with Gasteiger partial charge in [-0.2, -0.15) is 0 Å². The van der Waals surface area contributed by atoms with E-state index in [0.29, 0.717) is 10.6 Å². The molecule has 0 bridgehead atoms. The summed E-state index contributed by atoms with van der Waals surface area (Å²) in [6.45, 7) is 2.80. The summed E-state index contributed by atoms with van der Waals surface area (Å²) in [5.41, 5.74) is 0.658. The van der Waals surface area contributed by atoms with Gasteiger partial charge in [0, 0.05) is 31.7 Å². The molecular weight excluding hydrogens is 373 g/mol. The third-order valence-electron chi connectivity index (χ3n) is 3.02. The van der Waals surface area contributed by atoms with E-state index in [0.717, 1.165) is 21.7 Å². The van der Waals surface area contributed by atoms with Crippen LogP contribution in [0, 0.1) is 5.82 Å². The molecule has 0 aromatic heterocycles. The lowest BCUT2D eigenvalue weighted by Crippen LogP contribution is -2.23. The molecule has 0 aliphatic heterocycles. The summed E-state index contributed by atoms with van der Waals surface area (Å²) in [7, 11) is 0. The fourth-order valence-electron chi connectivity index (χ4n) is 2.00. The highest BCUT2D eigenvalue weighted by Gasteiger charge is 2.15. The molecule has 1 nitrogen and oxygen atoms in total. The van der Waals surface area contributed by atoms with Gasteiger partial charge in [-0.1, -0.05) is 40.5 Å². The zero-order valence-corrected chi connectivity index (χ0v) is 14.7. The Hall–Kier alpha value is -0.550. The number of rotatable bonds is 6. The molecule has 0 amide bonds. The average Bonchev–Trinajstić information content (AvgIpc) is 2.46. The first-order valence-corrected chi connectivity index (χ1v) is 8.82. The molecule has 0 heterocycles. The molecule has 2 rings (SSSR count). The van der Waals surface area contributed by atoms with E-state index >= 15 is 0 Å². The quantitative estimate of drug-likeness (QED) is 0.638. The molecule has 1 unspecified atom stereocenters. The number of nitrogens with one attached hydrogen (secondary N) is 1. The van der Waals surface area contributed by atoms with Crippen LogP contribution < -0.4 is 5.32 Å². The van der Waals surface area contributed by atoms with E-state index in [1.165, 1.54) is 6.07 Å². The first-order chi connectivity index (χ1) is 10.1. The SMILES string of the molecule is CCNC(CSc1ccc(Br)cc1)c1ccc(Cl)cc1F. The van der Waals surface area contributed by atoms with Crippen LogP contribution in [0.1, 0.15) is 18.5 Å². The summed E-state index contributed by atoms with van der Waals surface area (Å²) in [6.07, 6.45) is 0. The Balaban J connectivity index is 2.09. The summed E-state index contributed by atoms with van der Waals surface area (Å²) in [5.74, 6) is 0.499. The smallest absolute Gasteiger partial charge is 0.129 e.